The van der Waals surface area contributed by atoms with Crippen molar-refractivity contribution in [2.45, 2.75) is 18.5 Å². The number of methoxy groups -OCH3 is 2. The number of carbonyl (C=O) groups is 1. The summed E-state index contributed by atoms with van der Waals surface area (Å²) in [6.45, 7) is 2.23. The highest BCUT2D eigenvalue weighted by atomic mass is 33.6. The van der Waals surface area contributed by atoms with Gasteiger partial charge in [0.1, 0.15) is 0 Å². The highest BCUT2D eigenvalue weighted by molar-refractivity contribution is 9.25. The molecule has 1 aromatic heterocycles. The summed E-state index contributed by atoms with van der Waals surface area (Å²) >= 11 is 0. The van der Waals surface area contributed by atoms with E-state index in [1.165, 1.54) is 0 Å². The van der Waals surface area contributed by atoms with Gasteiger partial charge in [0.25, 0.3) is 0 Å². The molecule has 0 spiro atoms. The predicted molar refractivity (Wildman–Crippen MR) is 92.0 cm³/mol. The van der Waals surface area contributed by atoms with Crippen molar-refractivity contribution in [3.05, 3.63) is 6.07 Å². The number of hydrogen-bond acceptors (Lipinski definition) is 8. The highest BCUT2D eigenvalue weighted by Crippen LogP contribution is 2.74. The predicted octanol–water partition coefficient (Wildman–Crippen LogP) is 2.92. The van der Waals surface area contributed by atoms with Gasteiger partial charge in [-0.05, 0) is 29.9 Å². The zero-order valence-electron chi connectivity index (χ0n) is 12.9. The molecule has 1 atom stereocenters. The van der Waals surface area contributed by atoms with Gasteiger partial charge in [0.2, 0.25) is 16.9 Å². The average molecular weight is 365 g/mol. The molecular weight excluding hydrogens is 344 g/mol. The molecule has 0 N–H and O–H groups in total. The summed E-state index contributed by atoms with van der Waals surface area (Å²) in [5.41, 5.74) is 0. The zero-order valence-corrected chi connectivity index (χ0v) is 15.3. The SMILES string of the molecule is CCOC(=O)CS1(Sc2nc(OC)cc(OC)n2)CCCS1. The molecule has 22 heavy (non-hydrogen) atoms. The van der Waals surface area contributed by atoms with Gasteiger partial charge in [0, 0.05) is 5.75 Å². The summed E-state index contributed by atoms with van der Waals surface area (Å²) in [6.07, 6.45) is 1.10. The van der Waals surface area contributed by atoms with E-state index < -0.39 is 8.09 Å². The van der Waals surface area contributed by atoms with Crippen LogP contribution in [0.15, 0.2) is 11.2 Å². The molecule has 0 saturated carbocycles. The van der Waals surface area contributed by atoms with Crippen molar-refractivity contribution in [1.29, 1.82) is 0 Å². The van der Waals surface area contributed by atoms with Gasteiger partial charge >= 0.3 is 5.97 Å². The van der Waals surface area contributed by atoms with Crippen molar-refractivity contribution in [3.63, 3.8) is 0 Å². The lowest BCUT2D eigenvalue weighted by atomic mass is 10.6. The Labute approximate surface area is 139 Å². The second-order valence-corrected chi connectivity index (χ2v) is 13.4. The van der Waals surface area contributed by atoms with Crippen LogP contribution in [0.2, 0.25) is 0 Å². The minimum absolute atomic E-state index is 0.144. The van der Waals surface area contributed by atoms with E-state index in [-0.39, 0.29) is 5.97 Å². The van der Waals surface area contributed by atoms with Crippen LogP contribution in [0.4, 0.5) is 0 Å². The fourth-order valence-corrected chi connectivity index (χ4v) is 11.1. The van der Waals surface area contributed by atoms with E-state index in [4.69, 9.17) is 14.2 Å². The van der Waals surface area contributed by atoms with Gasteiger partial charge in [-0.1, -0.05) is 0 Å². The third-order valence-corrected chi connectivity index (χ3v) is 12.3. The van der Waals surface area contributed by atoms with E-state index >= 15 is 0 Å². The van der Waals surface area contributed by atoms with Crippen molar-refractivity contribution in [2.75, 3.05) is 38.1 Å². The summed E-state index contributed by atoms with van der Waals surface area (Å²) in [5.74, 6) is 3.27. The van der Waals surface area contributed by atoms with Crippen LogP contribution >= 0.6 is 29.7 Å². The highest BCUT2D eigenvalue weighted by Gasteiger charge is 2.35. The van der Waals surface area contributed by atoms with Crippen LogP contribution in [0.1, 0.15) is 13.3 Å². The molecule has 6 nitrogen and oxygen atoms in total. The maximum Gasteiger partial charge on any atom is 0.315 e. The Kier molecular flexibility index (Phi) is 6.51. The molecule has 1 saturated heterocycles. The van der Waals surface area contributed by atoms with E-state index in [9.17, 15) is 4.79 Å². The molecular formula is C13H20N2O4S3. The van der Waals surface area contributed by atoms with E-state index in [2.05, 4.69) is 9.97 Å². The maximum atomic E-state index is 11.9. The lowest BCUT2D eigenvalue weighted by Gasteiger charge is -2.31. The summed E-state index contributed by atoms with van der Waals surface area (Å²) < 4.78 is 15.5. The Morgan fingerprint density at radius 3 is 2.55 bits per heavy atom. The van der Waals surface area contributed by atoms with Gasteiger partial charge in [-0.25, -0.2) is 0 Å². The molecule has 0 amide bonds. The van der Waals surface area contributed by atoms with Gasteiger partial charge in [-0.2, -0.15) is 9.97 Å². The van der Waals surface area contributed by atoms with Crippen molar-refractivity contribution in [3.8, 4) is 11.8 Å². The molecule has 0 bridgehead atoms. The summed E-state index contributed by atoms with van der Waals surface area (Å²) in [6, 6.07) is 1.64. The van der Waals surface area contributed by atoms with E-state index in [1.807, 2.05) is 17.7 Å². The Hall–Kier alpha value is -0.800. The monoisotopic (exact) mass is 364 g/mol. The van der Waals surface area contributed by atoms with Crippen LogP contribution in [0.5, 0.6) is 11.8 Å². The van der Waals surface area contributed by atoms with Gasteiger partial charge < -0.3 is 14.2 Å². The topological polar surface area (TPSA) is 70.5 Å². The fraction of sp³-hybridized carbons (Fsp3) is 0.615. The van der Waals surface area contributed by atoms with Crippen LogP contribution in [-0.4, -0.2) is 54.0 Å². The normalized spacial score (nSPS) is 23.6. The van der Waals surface area contributed by atoms with Gasteiger partial charge in [-0.3, -0.25) is 4.79 Å². The number of nitrogens with zero attached hydrogens (tertiary/aromatic N) is 2. The van der Waals surface area contributed by atoms with Crippen molar-refractivity contribution >= 4 is 35.6 Å². The molecule has 1 aliphatic rings. The minimum Gasteiger partial charge on any atom is -0.481 e. The number of carbonyl (C=O) groups excluding carboxylic acids is 1. The standard InChI is InChI=1S/C13H20N2O4S3/c1-4-19-12(16)9-22(7-5-6-20-22)21-13-14-10(17-2)8-11(15-13)18-3/h8H,4-7,9H2,1-3H3. The van der Waals surface area contributed by atoms with Crippen LogP contribution in [0.25, 0.3) is 0 Å². The molecule has 0 aromatic carbocycles. The smallest absolute Gasteiger partial charge is 0.315 e. The first kappa shape index (κ1) is 17.6. The Balaban J connectivity index is 2.18. The van der Waals surface area contributed by atoms with E-state index in [0.717, 1.165) is 17.9 Å². The summed E-state index contributed by atoms with van der Waals surface area (Å²) in [7, 11) is 5.28. The second kappa shape index (κ2) is 8.16. The van der Waals surface area contributed by atoms with Crippen molar-refractivity contribution in [1.82, 2.24) is 9.97 Å². The van der Waals surface area contributed by atoms with Gasteiger partial charge in [-0.15, -0.1) is 18.9 Å². The number of aromatic nitrogens is 2. The molecule has 1 aliphatic heterocycles. The Morgan fingerprint density at radius 2 is 2.05 bits per heavy atom. The van der Waals surface area contributed by atoms with Gasteiger partial charge in [0.15, 0.2) is 0 Å². The Bertz CT molecular complexity index is 502. The first-order chi connectivity index (χ1) is 10.6. The van der Waals surface area contributed by atoms with Crippen molar-refractivity contribution < 1.29 is 19.0 Å². The molecule has 1 unspecified atom stereocenters. The Morgan fingerprint density at radius 1 is 1.36 bits per heavy atom. The molecule has 1 aromatic rings. The van der Waals surface area contributed by atoms with Gasteiger partial charge in [0.05, 0.1) is 32.6 Å². The van der Waals surface area contributed by atoms with Crippen LogP contribution in [0.3, 0.4) is 0 Å². The fourth-order valence-electron chi connectivity index (χ4n) is 1.91. The number of rotatable bonds is 7. The molecule has 0 radical (unpaired) electrons. The quantitative estimate of drug-likeness (QED) is 0.415. The number of ether oxygens (including phenoxy) is 3. The van der Waals surface area contributed by atoms with E-state index in [1.54, 1.807) is 31.1 Å². The first-order valence-corrected chi connectivity index (χ1v) is 11.7. The summed E-state index contributed by atoms with van der Waals surface area (Å²) in [4.78, 5) is 20.7. The average Bonchev–Trinajstić information content (AvgIpc) is 2.94. The maximum absolute atomic E-state index is 11.9. The molecule has 2 heterocycles. The van der Waals surface area contributed by atoms with Crippen LogP contribution in [0, 0.1) is 0 Å². The first-order valence-electron chi connectivity index (χ1n) is 6.86. The number of hydrogen-bond donors (Lipinski definition) is 0. The molecule has 124 valence electrons. The van der Waals surface area contributed by atoms with Crippen LogP contribution < -0.4 is 9.47 Å². The molecule has 9 heteroatoms. The molecule has 1 fully saturated rings. The lowest BCUT2D eigenvalue weighted by Crippen LogP contribution is -2.13. The lowest BCUT2D eigenvalue weighted by molar-refractivity contribution is -0.139. The third kappa shape index (κ3) is 4.60. The largest absolute Gasteiger partial charge is 0.481 e. The van der Waals surface area contributed by atoms with E-state index in [0.29, 0.717) is 29.3 Å². The zero-order chi connectivity index (χ0) is 16.0. The second-order valence-electron chi connectivity index (χ2n) is 4.39. The van der Waals surface area contributed by atoms with Crippen LogP contribution in [-0.2, 0) is 9.53 Å². The third-order valence-electron chi connectivity index (χ3n) is 2.84. The summed E-state index contributed by atoms with van der Waals surface area (Å²) in [5, 5.41) is 0.588. The molecule has 0 aliphatic carbocycles. The van der Waals surface area contributed by atoms with Crippen molar-refractivity contribution in [2.24, 2.45) is 0 Å². The molecule has 2 rings (SSSR count). The minimum atomic E-state index is -1.26. The number of esters is 1.